The van der Waals surface area contributed by atoms with Gasteiger partial charge in [-0.25, -0.2) is 18.0 Å². The number of amides is 1. The van der Waals surface area contributed by atoms with Gasteiger partial charge in [0.25, 0.3) is 0 Å². The van der Waals surface area contributed by atoms with Crippen LogP contribution in [-0.2, 0) is 4.74 Å². The fraction of sp³-hybridized carbons (Fsp3) is 0.222. The number of ether oxygens (including phenoxy) is 1. The van der Waals surface area contributed by atoms with Gasteiger partial charge in [-0.15, -0.1) is 0 Å². The number of benzene rings is 1. The van der Waals surface area contributed by atoms with Crippen molar-refractivity contribution in [1.29, 1.82) is 0 Å². The first-order chi connectivity index (χ1) is 7.06. The first-order valence-electron chi connectivity index (χ1n) is 4.13. The number of carbonyl (C=O) groups is 1. The van der Waals surface area contributed by atoms with Gasteiger partial charge in [0.15, 0.2) is 17.5 Å². The Morgan fingerprint density at radius 3 is 2.60 bits per heavy atom. The van der Waals surface area contributed by atoms with Gasteiger partial charge in [0.05, 0.1) is 12.3 Å². The smallest absolute Gasteiger partial charge is 0.411 e. The molecule has 0 spiro atoms. The average Bonchev–Trinajstić information content (AvgIpc) is 2.20. The summed E-state index contributed by atoms with van der Waals surface area (Å²) in [5.41, 5.74) is -0.465. The van der Waals surface area contributed by atoms with Crippen LogP contribution in [0.4, 0.5) is 23.7 Å². The molecule has 0 atom stereocenters. The van der Waals surface area contributed by atoms with Crippen molar-refractivity contribution in [3.63, 3.8) is 0 Å². The monoisotopic (exact) mass is 219 g/mol. The highest BCUT2D eigenvalue weighted by molar-refractivity contribution is 5.84. The van der Waals surface area contributed by atoms with E-state index >= 15 is 0 Å². The van der Waals surface area contributed by atoms with Crippen molar-refractivity contribution in [2.75, 3.05) is 11.9 Å². The molecule has 3 nitrogen and oxygen atoms in total. The van der Waals surface area contributed by atoms with Gasteiger partial charge >= 0.3 is 6.09 Å². The molecule has 0 saturated carbocycles. The van der Waals surface area contributed by atoms with E-state index in [9.17, 15) is 18.0 Å². The van der Waals surface area contributed by atoms with Crippen LogP contribution in [0.15, 0.2) is 12.1 Å². The van der Waals surface area contributed by atoms with Crippen molar-refractivity contribution in [3.8, 4) is 0 Å². The molecule has 1 aromatic carbocycles. The van der Waals surface area contributed by atoms with Crippen LogP contribution in [0, 0.1) is 17.5 Å². The number of hydrogen-bond donors (Lipinski definition) is 1. The van der Waals surface area contributed by atoms with Gasteiger partial charge in [0, 0.05) is 0 Å². The highest BCUT2D eigenvalue weighted by atomic mass is 19.2. The van der Waals surface area contributed by atoms with Gasteiger partial charge in [-0.3, -0.25) is 5.32 Å². The van der Waals surface area contributed by atoms with Crippen molar-refractivity contribution in [2.45, 2.75) is 6.92 Å². The topological polar surface area (TPSA) is 38.3 Å². The Morgan fingerprint density at radius 2 is 2.00 bits per heavy atom. The van der Waals surface area contributed by atoms with Gasteiger partial charge in [-0.2, -0.15) is 0 Å². The molecule has 1 amide bonds. The SMILES string of the molecule is CCOC(=O)Nc1ccc(F)c(F)c1F. The highest BCUT2D eigenvalue weighted by Crippen LogP contribution is 2.19. The number of nitrogens with one attached hydrogen (secondary N) is 1. The summed E-state index contributed by atoms with van der Waals surface area (Å²) in [6.07, 6.45) is -0.928. The van der Waals surface area contributed by atoms with Gasteiger partial charge < -0.3 is 4.74 Å². The minimum Gasteiger partial charge on any atom is -0.450 e. The standard InChI is InChI=1S/C9H8F3NO2/c1-2-15-9(14)13-6-4-3-5(10)7(11)8(6)12/h3-4H,2H2,1H3,(H,13,14). The summed E-state index contributed by atoms with van der Waals surface area (Å²) in [5, 5.41) is 1.94. The normalized spacial score (nSPS) is 9.87. The second kappa shape index (κ2) is 4.68. The molecule has 1 aromatic rings. The Morgan fingerprint density at radius 1 is 1.33 bits per heavy atom. The number of rotatable bonds is 2. The van der Waals surface area contributed by atoms with E-state index in [4.69, 9.17) is 0 Å². The molecule has 0 aliphatic rings. The van der Waals surface area contributed by atoms with Crippen LogP contribution in [-0.4, -0.2) is 12.7 Å². The Balaban J connectivity index is 2.87. The van der Waals surface area contributed by atoms with E-state index < -0.39 is 29.2 Å². The van der Waals surface area contributed by atoms with Crippen molar-refractivity contribution in [1.82, 2.24) is 0 Å². The summed E-state index contributed by atoms with van der Waals surface area (Å²) in [6.45, 7) is 1.65. The molecule has 0 saturated heterocycles. The zero-order valence-corrected chi connectivity index (χ0v) is 7.81. The van der Waals surface area contributed by atoms with Crippen molar-refractivity contribution < 1.29 is 22.7 Å². The van der Waals surface area contributed by atoms with Crippen LogP contribution in [0.1, 0.15) is 6.92 Å². The first-order valence-corrected chi connectivity index (χ1v) is 4.13. The molecular formula is C9H8F3NO2. The van der Waals surface area contributed by atoms with E-state index in [0.29, 0.717) is 6.07 Å². The van der Waals surface area contributed by atoms with Crippen molar-refractivity contribution in [2.24, 2.45) is 0 Å². The van der Waals surface area contributed by atoms with E-state index in [1.54, 1.807) is 6.92 Å². The first kappa shape index (κ1) is 11.4. The van der Waals surface area contributed by atoms with Crippen LogP contribution in [0.5, 0.6) is 0 Å². The van der Waals surface area contributed by atoms with Crippen LogP contribution >= 0.6 is 0 Å². The van der Waals surface area contributed by atoms with Gasteiger partial charge in [-0.05, 0) is 19.1 Å². The molecule has 0 unspecified atom stereocenters. The molecule has 82 valence electrons. The third-order valence-electron chi connectivity index (χ3n) is 1.55. The van der Waals surface area contributed by atoms with Crippen LogP contribution in [0.3, 0.4) is 0 Å². The molecule has 6 heteroatoms. The summed E-state index contributed by atoms with van der Waals surface area (Å²) in [4.78, 5) is 10.8. The predicted molar refractivity (Wildman–Crippen MR) is 47.0 cm³/mol. The Kier molecular flexibility index (Phi) is 3.54. The molecule has 0 bridgehead atoms. The van der Waals surface area contributed by atoms with Crippen molar-refractivity contribution in [3.05, 3.63) is 29.6 Å². The Hall–Kier alpha value is -1.72. The molecule has 0 aromatic heterocycles. The van der Waals surface area contributed by atoms with Crippen molar-refractivity contribution >= 4 is 11.8 Å². The van der Waals surface area contributed by atoms with Gasteiger partial charge in [0.2, 0.25) is 0 Å². The average molecular weight is 219 g/mol. The van der Waals surface area contributed by atoms with E-state index in [-0.39, 0.29) is 6.61 Å². The zero-order valence-electron chi connectivity index (χ0n) is 7.81. The fourth-order valence-electron chi connectivity index (χ4n) is 0.900. The minimum absolute atomic E-state index is 0.0944. The van der Waals surface area contributed by atoms with Gasteiger partial charge in [-0.1, -0.05) is 0 Å². The maximum atomic E-state index is 13.0. The Bertz CT molecular complexity index is 382. The molecule has 1 N–H and O–H groups in total. The minimum atomic E-state index is -1.63. The van der Waals surface area contributed by atoms with Crippen LogP contribution < -0.4 is 5.32 Å². The van der Waals surface area contributed by atoms with E-state index in [0.717, 1.165) is 6.07 Å². The zero-order chi connectivity index (χ0) is 11.4. The van der Waals surface area contributed by atoms with Crippen LogP contribution in [0.25, 0.3) is 0 Å². The third-order valence-corrected chi connectivity index (χ3v) is 1.55. The number of carbonyl (C=O) groups excluding carboxylic acids is 1. The van der Waals surface area contributed by atoms with Crippen LogP contribution in [0.2, 0.25) is 0 Å². The van der Waals surface area contributed by atoms with E-state index in [1.807, 2.05) is 5.32 Å². The quantitative estimate of drug-likeness (QED) is 0.776. The molecule has 0 aliphatic carbocycles. The second-order valence-corrected chi connectivity index (χ2v) is 2.57. The number of hydrogen-bond acceptors (Lipinski definition) is 2. The molecule has 0 fully saturated rings. The maximum absolute atomic E-state index is 13.0. The molecule has 0 radical (unpaired) electrons. The second-order valence-electron chi connectivity index (χ2n) is 2.57. The largest absolute Gasteiger partial charge is 0.450 e. The predicted octanol–water partition coefficient (Wildman–Crippen LogP) is 2.67. The fourth-order valence-corrected chi connectivity index (χ4v) is 0.900. The summed E-state index contributed by atoms with van der Waals surface area (Å²) in [7, 11) is 0. The summed E-state index contributed by atoms with van der Waals surface area (Å²) in [5.74, 6) is -4.41. The van der Waals surface area contributed by atoms with E-state index in [2.05, 4.69) is 4.74 Å². The molecular weight excluding hydrogens is 211 g/mol. The summed E-state index contributed by atoms with van der Waals surface area (Å²) in [6, 6.07) is 1.62. The highest BCUT2D eigenvalue weighted by Gasteiger charge is 2.15. The Labute approximate surface area is 83.8 Å². The summed E-state index contributed by atoms with van der Waals surface area (Å²) >= 11 is 0. The van der Waals surface area contributed by atoms with E-state index in [1.165, 1.54) is 0 Å². The molecule has 1 rings (SSSR count). The lowest BCUT2D eigenvalue weighted by atomic mass is 10.3. The maximum Gasteiger partial charge on any atom is 0.411 e. The lowest BCUT2D eigenvalue weighted by Gasteiger charge is -2.06. The van der Waals surface area contributed by atoms with Gasteiger partial charge in [0.1, 0.15) is 0 Å². The number of halogens is 3. The third kappa shape index (κ3) is 2.61. The molecule has 0 aliphatic heterocycles. The number of anilines is 1. The lowest BCUT2D eigenvalue weighted by Crippen LogP contribution is -2.15. The molecule has 0 heterocycles. The molecule has 15 heavy (non-hydrogen) atoms. The summed E-state index contributed by atoms with van der Waals surface area (Å²) < 4.78 is 42.6. The lowest BCUT2D eigenvalue weighted by molar-refractivity contribution is 0.167.